The highest BCUT2D eigenvalue weighted by Crippen LogP contribution is 2.26. The Labute approximate surface area is 123 Å². The standard InChI is InChI=1S/C11H7Cl3O5/c12-9(15)4-18-6-1-2-8(19-5-10(13)16)7(3-6)11(14)17/h1-3H,4-5H2. The Balaban J connectivity index is 2.91. The number of hydrogen-bond donors (Lipinski definition) is 0. The summed E-state index contributed by atoms with van der Waals surface area (Å²) >= 11 is 15.6. The van der Waals surface area contributed by atoms with Crippen molar-refractivity contribution in [3.8, 4) is 11.5 Å². The molecule has 0 amide bonds. The van der Waals surface area contributed by atoms with Crippen molar-refractivity contribution in [2.75, 3.05) is 13.2 Å². The number of carbonyl (C=O) groups is 3. The van der Waals surface area contributed by atoms with Crippen molar-refractivity contribution in [2.24, 2.45) is 0 Å². The average molecular weight is 326 g/mol. The van der Waals surface area contributed by atoms with Crippen molar-refractivity contribution < 1.29 is 23.9 Å². The van der Waals surface area contributed by atoms with E-state index in [0.29, 0.717) is 0 Å². The first kappa shape index (κ1) is 15.8. The van der Waals surface area contributed by atoms with E-state index in [1.165, 1.54) is 18.2 Å². The van der Waals surface area contributed by atoms with Crippen LogP contribution < -0.4 is 9.47 Å². The van der Waals surface area contributed by atoms with Crippen LogP contribution >= 0.6 is 34.8 Å². The van der Waals surface area contributed by atoms with Gasteiger partial charge in [0.05, 0.1) is 5.56 Å². The van der Waals surface area contributed by atoms with Gasteiger partial charge in [-0.2, -0.15) is 0 Å². The zero-order chi connectivity index (χ0) is 14.4. The maximum Gasteiger partial charge on any atom is 0.259 e. The molecule has 0 saturated carbocycles. The quantitative estimate of drug-likeness (QED) is 0.720. The molecule has 1 rings (SSSR count). The molecule has 0 heterocycles. The molecule has 0 aromatic heterocycles. The van der Waals surface area contributed by atoms with Gasteiger partial charge < -0.3 is 9.47 Å². The van der Waals surface area contributed by atoms with E-state index < -0.39 is 22.3 Å². The van der Waals surface area contributed by atoms with Crippen molar-refractivity contribution in [3.05, 3.63) is 23.8 Å². The Morgan fingerprint density at radius 2 is 1.53 bits per heavy atom. The highest BCUT2D eigenvalue weighted by Gasteiger charge is 2.13. The molecule has 0 atom stereocenters. The second-order valence-electron chi connectivity index (χ2n) is 3.22. The smallest absolute Gasteiger partial charge is 0.259 e. The Hall–Kier alpha value is -1.30. The fraction of sp³-hybridized carbons (Fsp3) is 0.182. The molecule has 0 unspecified atom stereocenters. The molecular formula is C11H7Cl3O5. The Bertz CT molecular complexity index is 515. The van der Waals surface area contributed by atoms with Gasteiger partial charge in [-0.1, -0.05) is 0 Å². The third-order valence-electron chi connectivity index (χ3n) is 1.86. The number of rotatable bonds is 7. The largest absolute Gasteiger partial charge is 0.484 e. The minimum Gasteiger partial charge on any atom is -0.484 e. The molecule has 0 fully saturated rings. The lowest BCUT2D eigenvalue weighted by Crippen LogP contribution is -2.08. The maximum absolute atomic E-state index is 11.2. The molecule has 0 saturated heterocycles. The van der Waals surface area contributed by atoms with Crippen molar-refractivity contribution >= 4 is 50.5 Å². The van der Waals surface area contributed by atoms with E-state index in [0.717, 1.165) is 0 Å². The molecule has 0 N–H and O–H groups in total. The van der Waals surface area contributed by atoms with E-state index in [1.807, 2.05) is 0 Å². The van der Waals surface area contributed by atoms with E-state index >= 15 is 0 Å². The minimum absolute atomic E-state index is 0.0147. The van der Waals surface area contributed by atoms with Crippen LogP contribution in [-0.4, -0.2) is 28.9 Å². The van der Waals surface area contributed by atoms with E-state index in [4.69, 9.17) is 44.3 Å². The average Bonchev–Trinajstić information content (AvgIpc) is 2.33. The van der Waals surface area contributed by atoms with Gasteiger partial charge in [-0.25, -0.2) is 0 Å². The molecular weight excluding hydrogens is 318 g/mol. The molecule has 19 heavy (non-hydrogen) atoms. The summed E-state index contributed by atoms with van der Waals surface area (Å²) in [4.78, 5) is 32.4. The normalized spacial score (nSPS) is 9.84. The van der Waals surface area contributed by atoms with Crippen LogP contribution in [0.3, 0.4) is 0 Å². The van der Waals surface area contributed by atoms with Crippen molar-refractivity contribution in [3.63, 3.8) is 0 Å². The lowest BCUT2D eigenvalue weighted by molar-refractivity contribution is -0.114. The zero-order valence-electron chi connectivity index (χ0n) is 9.32. The molecule has 0 bridgehead atoms. The van der Waals surface area contributed by atoms with Gasteiger partial charge in [0.25, 0.3) is 15.7 Å². The van der Waals surface area contributed by atoms with Gasteiger partial charge in [0.2, 0.25) is 0 Å². The fourth-order valence-electron chi connectivity index (χ4n) is 1.15. The second kappa shape index (κ2) is 7.33. The molecule has 8 heteroatoms. The SMILES string of the molecule is O=C(Cl)COc1ccc(OCC(=O)Cl)c(C(=O)Cl)c1. The van der Waals surface area contributed by atoms with Crippen LogP contribution in [0.25, 0.3) is 0 Å². The first-order valence-electron chi connectivity index (χ1n) is 4.86. The third-order valence-corrected chi connectivity index (χ3v) is 2.28. The number of ether oxygens (including phenoxy) is 2. The minimum atomic E-state index is -0.806. The molecule has 102 valence electrons. The van der Waals surface area contributed by atoms with Crippen LogP contribution in [0.2, 0.25) is 0 Å². The first-order valence-corrected chi connectivity index (χ1v) is 5.99. The van der Waals surface area contributed by atoms with Crippen molar-refractivity contribution in [1.29, 1.82) is 0 Å². The Morgan fingerprint density at radius 3 is 2.05 bits per heavy atom. The number of halogens is 3. The van der Waals surface area contributed by atoms with Gasteiger partial charge in [0.1, 0.15) is 11.5 Å². The predicted molar refractivity (Wildman–Crippen MR) is 69.3 cm³/mol. The van der Waals surface area contributed by atoms with Gasteiger partial charge in [-0.05, 0) is 53.0 Å². The first-order chi connectivity index (χ1) is 8.90. The van der Waals surface area contributed by atoms with Gasteiger partial charge in [-0.15, -0.1) is 0 Å². The van der Waals surface area contributed by atoms with Crippen LogP contribution in [0.4, 0.5) is 0 Å². The van der Waals surface area contributed by atoms with Crippen molar-refractivity contribution in [2.45, 2.75) is 0 Å². The lowest BCUT2D eigenvalue weighted by atomic mass is 10.2. The highest BCUT2D eigenvalue weighted by atomic mass is 35.5. The van der Waals surface area contributed by atoms with Gasteiger partial charge in [0, 0.05) is 0 Å². The van der Waals surface area contributed by atoms with E-state index in [-0.39, 0.29) is 23.7 Å². The summed E-state index contributed by atoms with van der Waals surface area (Å²) in [5.74, 6) is 0.293. The number of carbonyl (C=O) groups excluding carboxylic acids is 3. The topological polar surface area (TPSA) is 69.7 Å². The van der Waals surface area contributed by atoms with Gasteiger partial charge in [0.15, 0.2) is 13.2 Å². The summed E-state index contributed by atoms with van der Waals surface area (Å²) < 4.78 is 10.0. The summed E-state index contributed by atoms with van der Waals surface area (Å²) in [5, 5.41) is -2.22. The summed E-state index contributed by atoms with van der Waals surface area (Å²) in [5.41, 5.74) is -0.0147. The fourth-order valence-corrected chi connectivity index (χ4v) is 1.41. The lowest BCUT2D eigenvalue weighted by Gasteiger charge is -2.09. The summed E-state index contributed by atoms with van der Waals surface area (Å²) in [6.45, 7) is -0.753. The van der Waals surface area contributed by atoms with E-state index in [2.05, 4.69) is 0 Å². The summed E-state index contributed by atoms with van der Waals surface area (Å²) in [7, 11) is 0. The third kappa shape index (κ3) is 5.46. The predicted octanol–water partition coefficient (Wildman–Crippen LogP) is 2.35. The van der Waals surface area contributed by atoms with E-state index in [1.54, 1.807) is 0 Å². The van der Waals surface area contributed by atoms with Crippen molar-refractivity contribution in [1.82, 2.24) is 0 Å². The second-order valence-corrected chi connectivity index (χ2v) is 4.41. The Morgan fingerprint density at radius 1 is 0.947 bits per heavy atom. The molecule has 0 aliphatic carbocycles. The van der Waals surface area contributed by atoms with Crippen LogP contribution in [0.1, 0.15) is 10.4 Å². The highest BCUT2D eigenvalue weighted by molar-refractivity contribution is 6.68. The summed E-state index contributed by atoms with van der Waals surface area (Å²) in [6, 6.07) is 4.06. The molecule has 0 radical (unpaired) electrons. The van der Waals surface area contributed by atoms with Gasteiger partial charge >= 0.3 is 0 Å². The van der Waals surface area contributed by atoms with Crippen LogP contribution in [0, 0.1) is 0 Å². The van der Waals surface area contributed by atoms with Crippen LogP contribution in [0.15, 0.2) is 18.2 Å². The molecule has 1 aromatic carbocycles. The monoisotopic (exact) mass is 324 g/mol. The van der Waals surface area contributed by atoms with E-state index in [9.17, 15) is 14.4 Å². The zero-order valence-corrected chi connectivity index (χ0v) is 11.6. The maximum atomic E-state index is 11.2. The van der Waals surface area contributed by atoms with Gasteiger partial charge in [-0.3, -0.25) is 14.4 Å². The molecule has 0 aliphatic rings. The summed E-state index contributed by atoms with van der Waals surface area (Å²) in [6.07, 6.45) is 0. The van der Waals surface area contributed by atoms with Crippen LogP contribution in [-0.2, 0) is 9.59 Å². The number of hydrogen-bond acceptors (Lipinski definition) is 5. The number of benzene rings is 1. The van der Waals surface area contributed by atoms with Crippen LogP contribution in [0.5, 0.6) is 11.5 Å². The Kier molecular flexibility index (Phi) is 6.08. The molecule has 0 spiro atoms. The molecule has 1 aromatic rings. The molecule has 0 aliphatic heterocycles. The molecule has 5 nitrogen and oxygen atoms in total.